The molecule has 1 fully saturated rings. The summed E-state index contributed by atoms with van der Waals surface area (Å²) in [7, 11) is 4.97. The zero-order valence-electron chi connectivity index (χ0n) is 16.0. The number of aliphatic hydroxyl groups is 1. The molecule has 2 rings (SSSR count). The molecule has 1 aliphatic rings. The van der Waals surface area contributed by atoms with Crippen molar-refractivity contribution in [2.75, 3.05) is 47.6 Å². The molecule has 1 saturated heterocycles. The molecule has 1 aromatic carbocycles. The van der Waals surface area contributed by atoms with Gasteiger partial charge in [0, 0.05) is 38.8 Å². The summed E-state index contributed by atoms with van der Waals surface area (Å²) in [5.74, 6) is 2.05. The van der Waals surface area contributed by atoms with Gasteiger partial charge in [0.15, 0.2) is 17.5 Å². The second-order valence-electron chi connectivity index (χ2n) is 6.37. The average molecular weight is 558 g/mol. The van der Waals surface area contributed by atoms with Crippen LogP contribution >= 0.6 is 39.9 Å². The van der Waals surface area contributed by atoms with Crippen LogP contribution in [-0.4, -0.2) is 58.7 Å². The van der Waals surface area contributed by atoms with E-state index < -0.39 is 0 Å². The molecule has 1 unspecified atom stereocenters. The van der Waals surface area contributed by atoms with E-state index in [0.717, 1.165) is 29.5 Å². The first kappa shape index (κ1) is 24.3. The van der Waals surface area contributed by atoms with Crippen LogP contribution in [0.4, 0.5) is 0 Å². The number of rotatable bonds is 8. The number of hydrogen-bond acceptors (Lipinski definition) is 5. The summed E-state index contributed by atoms with van der Waals surface area (Å²) in [6.07, 6.45) is 1.67. The Hall–Kier alpha value is -0.780. The molecular formula is C18H29BrIN3O4. The van der Waals surface area contributed by atoms with Crippen LogP contribution in [0.15, 0.2) is 21.6 Å². The lowest BCUT2D eigenvalue weighted by molar-refractivity contribution is 0.127. The second kappa shape index (κ2) is 11.9. The molecule has 0 aliphatic carbocycles. The second-order valence-corrected chi connectivity index (χ2v) is 7.22. The minimum Gasteiger partial charge on any atom is -0.493 e. The van der Waals surface area contributed by atoms with E-state index in [9.17, 15) is 5.11 Å². The fourth-order valence-corrected chi connectivity index (χ4v) is 3.71. The number of ether oxygens (including phenoxy) is 3. The van der Waals surface area contributed by atoms with Gasteiger partial charge in [-0.1, -0.05) is 0 Å². The highest BCUT2D eigenvalue weighted by atomic mass is 127. The van der Waals surface area contributed by atoms with E-state index in [1.165, 1.54) is 0 Å². The highest BCUT2D eigenvalue weighted by Crippen LogP contribution is 2.36. The molecule has 27 heavy (non-hydrogen) atoms. The minimum atomic E-state index is -0.0290. The lowest BCUT2D eigenvalue weighted by atomic mass is 9.84. The smallest absolute Gasteiger partial charge is 0.191 e. The predicted octanol–water partition coefficient (Wildman–Crippen LogP) is 2.54. The van der Waals surface area contributed by atoms with Crippen LogP contribution in [0.25, 0.3) is 0 Å². The monoisotopic (exact) mass is 557 g/mol. The molecule has 154 valence electrons. The van der Waals surface area contributed by atoms with Gasteiger partial charge in [-0.2, -0.15) is 0 Å². The van der Waals surface area contributed by atoms with Gasteiger partial charge in [-0.15, -0.1) is 24.0 Å². The number of guanidine groups is 1. The van der Waals surface area contributed by atoms with Crippen molar-refractivity contribution in [3.05, 3.63) is 22.2 Å². The molecular weight excluding hydrogens is 529 g/mol. The lowest BCUT2D eigenvalue weighted by Crippen LogP contribution is -2.44. The molecule has 0 bridgehead atoms. The van der Waals surface area contributed by atoms with Gasteiger partial charge in [0.25, 0.3) is 0 Å². The summed E-state index contributed by atoms with van der Waals surface area (Å²) < 4.78 is 17.1. The summed E-state index contributed by atoms with van der Waals surface area (Å²) in [4.78, 5) is 4.28. The first-order chi connectivity index (χ1) is 12.6. The first-order valence-electron chi connectivity index (χ1n) is 8.61. The van der Waals surface area contributed by atoms with E-state index in [4.69, 9.17) is 14.2 Å². The van der Waals surface area contributed by atoms with Crippen LogP contribution in [-0.2, 0) is 11.3 Å². The summed E-state index contributed by atoms with van der Waals surface area (Å²) in [5, 5.41) is 16.0. The van der Waals surface area contributed by atoms with Crippen molar-refractivity contribution in [2.24, 2.45) is 10.4 Å². The van der Waals surface area contributed by atoms with Crippen LogP contribution in [0.5, 0.6) is 11.5 Å². The number of nitrogens with one attached hydrogen (secondary N) is 2. The quantitative estimate of drug-likeness (QED) is 0.259. The number of aliphatic hydroxyl groups excluding tert-OH is 1. The van der Waals surface area contributed by atoms with E-state index in [-0.39, 0.29) is 36.0 Å². The van der Waals surface area contributed by atoms with Gasteiger partial charge in [0.05, 0.1) is 25.3 Å². The van der Waals surface area contributed by atoms with Crippen LogP contribution < -0.4 is 20.1 Å². The Bertz CT molecular complexity index is 625. The molecule has 9 heteroatoms. The molecule has 3 N–H and O–H groups in total. The Balaban J connectivity index is 0.00000364. The van der Waals surface area contributed by atoms with Gasteiger partial charge in [0.2, 0.25) is 0 Å². The van der Waals surface area contributed by atoms with Crippen molar-refractivity contribution in [1.29, 1.82) is 0 Å². The van der Waals surface area contributed by atoms with Gasteiger partial charge in [-0.05, 0) is 46.5 Å². The summed E-state index contributed by atoms with van der Waals surface area (Å²) in [6, 6.07) is 3.92. The molecule has 0 aromatic heterocycles. The van der Waals surface area contributed by atoms with Gasteiger partial charge >= 0.3 is 0 Å². The number of halogens is 2. The van der Waals surface area contributed by atoms with E-state index >= 15 is 0 Å². The van der Waals surface area contributed by atoms with Crippen LogP contribution in [0.2, 0.25) is 0 Å². The van der Waals surface area contributed by atoms with Crippen molar-refractivity contribution in [2.45, 2.75) is 19.4 Å². The van der Waals surface area contributed by atoms with Crippen molar-refractivity contribution < 1.29 is 19.3 Å². The number of hydrogen-bond donors (Lipinski definition) is 3. The number of nitrogens with zero attached hydrogens (tertiary/aromatic N) is 1. The molecule has 0 radical (unpaired) electrons. The maximum atomic E-state index is 9.33. The van der Waals surface area contributed by atoms with E-state index in [0.29, 0.717) is 37.2 Å². The van der Waals surface area contributed by atoms with E-state index in [2.05, 4.69) is 31.6 Å². The number of methoxy groups -OCH3 is 2. The Morgan fingerprint density at radius 3 is 2.67 bits per heavy atom. The highest BCUT2D eigenvalue weighted by Gasteiger charge is 2.34. The van der Waals surface area contributed by atoms with Crippen molar-refractivity contribution in [1.82, 2.24) is 10.6 Å². The van der Waals surface area contributed by atoms with Gasteiger partial charge in [-0.25, -0.2) is 0 Å². The van der Waals surface area contributed by atoms with Crippen LogP contribution in [0, 0.1) is 5.41 Å². The van der Waals surface area contributed by atoms with Crippen molar-refractivity contribution in [3.8, 4) is 11.5 Å². The summed E-state index contributed by atoms with van der Waals surface area (Å²) in [6.45, 7) is 2.87. The predicted molar refractivity (Wildman–Crippen MR) is 120 cm³/mol. The van der Waals surface area contributed by atoms with Gasteiger partial charge in [0.1, 0.15) is 0 Å². The average Bonchev–Trinajstić information content (AvgIpc) is 3.10. The Kier molecular flexibility index (Phi) is 10.7. The Morgan fingerprint density at radius 1 is 1.33 bits per heavy atom. The molecule has 1 aliphatic heterocycles. The topological polar surface area (TPSA) is 84.3 Å². The van der Waals surface area contributed by atoms with Gasteiger partial charge < -0.3 is 30.0 Å². The maximum absolute atomic E-state index is 9.33. The lowest BCUT2D eigenvalue weighted by Gasteiger charge is -2.27. The van der Waals surface area contributed by atoms with E-state index in [1.54, 1.807) is 21.3 Å². The van der Waals surface area contributed by atoms with Crippen molar-refractivity contribution in [3.63, 3.8) is 0 Å². The number of benzene rings is 1. The van der Waals surface area contributed by atoms with Crippen LogP contribution in [0.1, 0.15) is 18.4 Å². The molecule has 0 saturated carbocycles. The Morgan fingerprint density at radius 2 is 2.11 bits per heavy atom. The zero-order chi connectivity index (χ0) is 19.0. The molecule has 1 atom stereocenters. The Labute approximate surface area is 186 Å². The largest absolute Gasteiger partial charge is 0.493 e. The SMILES string of the molecule is CN=C(NCc1cc(Br)c(OC)c(OC)c1)NCC1(CCO)CCOC1.I. The molecule has 7 nitrogen and oxygen atoms in total. The summed E-state index contributed by atoms with van der Waals surface area (Å²) in [5.41, 5.74) is 1.00. The highest BCUT2D eigenvalue weighted by molar-refractivity contribution is 14.0. The molecule has 0 spiro atoms. The number of aliphatic imine (C=N–C) groups is 1. The fraction of sp³-hybridized carbons (Fsp3) is 0.611. The third kappa shape index (κ3) is 6.65. The normalized spacial score (nSPS) is 19.4. The first-order valence-corrected chi connectivity index (χ1v) is 9.40. The molecule has 1 heterocycles. The molecule has 0 amide bonds. The maximum Gasteiger partial charge on any atom is 0.191 e. The zero-order valence-corrected chi connectivity index (χ0v) is 19.9. The van der Waals surface area contributed by atoms with Crippen LogP contribution in [0.3, 0.4) is 0 Å². The summed E-state index contributed by atoms with van der Waals surface area (Å²) >= 11 is 3.51. The van der Waals surface area contributed by atoms with Gasteiger partial charge in [-0.3, -0.25) is 4.99 Å². The third-order valence-corrected chi connectivity index (χ3v) is 5.22. The standard InChI is InChI=1S/C18H28BrN3O4.HI/c1-20-17(22-11-18(4-6-23)5-7-26-12-18)21-10-13-8-14(19)16(25-3)15(9-13)24-2;/h8-9,23H,4-7,10-12H2,1-3H3,(H2,20,21,22);1H. The fourth-order valence-electron chi connectivity index (χ4n) is 3.06. The van der Waals surface area contributed by atoms with Crippen molar-refractivity contribution >= 4 is 45.9 Å². The minimum absolute atomic E-state index is 0. The molecule has 1 aromatic rings. The van der Waals surface area contributed by atoms with E-state index in [1.807, 2.05) is 12.1 Å². The third-order valence-electron chi connectivity index (χ3n) is 4.63.